The molecule has 1 aliphatic heterocycles. The molecule has 1 fully saturated rings. The second-order valence-corrected chi connectivity index (χ2v) is 10.4. The Kier molecular flexibility index (Phi) is 6.81. The Hall–Kier alpha value is -2.45. The van der Waals surface area contributed by atoms with Crippen molar-refractivity contribution in [1.29, 1.82) is 0 Å². The van der Waals surface area contributed by atoms with Crippen molar-refractivity contribution in [3.05, 3.63) is 59.4 Å². The summed E-state index contributed by atoms with van der Waals surface area (Å²) in [7, 11) is -2.05. The number of methoxy groups -OCH3 is 1. The van der Waals surface area contributed by atoms with E-state index in [1.54, 1.807) is 12.0 Å². The van der Waals surface area contributed by atoms with Gasteiger partial charge in [0.25, 0.3) is 0 Å². The number of rotatable bonds is 5. The van der Waals surface area contributed by atoms with Crippen LogP contribution in [0, 0.1) is 5.82 Å². The summed E-state index contributed by atoms with van der Waals surface area (Å²) in [6, 6.07) is 11.0. The molecule has 1 aliphatic carbocycles. The fourth-order valence-electron chi connectivity index (χ4n) is 4.71. The number of aryl methyl sites for hydroxylation is 1. The lowest BCUT2D eigenvalue weighted by atomic mass is 9.80. The van der Waals surface area contributed by atoms with Crippen molar-refractivity contribution in [2.45, 2.75) is 42.9 Å². The number of amides is 1. The van der Waals surface area contributed by atoms with Crippen LogP contribution in [0.1, 0.15) is 42.7 Å². The van der Waals surface area contributed by atoms with Crippen molar-refractivity contribution in [3.8, 4) is 5.75 Å². The largest absolute Gasteiger partial charge is 0.497 e. The number of nitrogens with zero attached hydrogens (tertiary/aromatic N) is 2. The van der Waals surface area contributed by atoms with E-state index in [4.69, 9.17) is 4.74 Å². The molecule has 32 heavy (non-hydrogen) atoms. The molecule has 8 heteroatoms. The first-order valence-corrected chi connectivity index (χ1v) is 12.5. The number of benzene rings is 2. The summed E-state index contributed by atoms with van der Waals surface area (Å²) in [5.74, 6) is 0.615. The third-order valence-electron chi connectivity index (χ3n) is 6.47. The van der Waals surface area contributed by atoms with Crippen molar-refractivity contribution >= 4 is 15.9 Å². The highest BCUT2D eigenvalue weighted by molar-refractivity contribution is 7.89. The zero-order chi connectivity index (χ0) is 22.7. The maximum atomic E-state index is 13.2. The van der Waals surface area contributed by atoms with Crippen LogP contribution >= 0.6 is 0 Å². The van der Waals surface area contributed by atoms with Gasteiger partial charge in [0, 0.05) is 32.6 Å². The molecule has 2 aromatic rings. The van der Waals surface area contributed by atoms with Gasteiger partial charge in [-0.1, -0.05) is 6.07 Å². The third kappa shape index (κ3) is 4.81. The van der Waals surface area contributed by atoms with E-state index in [9.17, 15) is 17.6 Å². The minimum atomic E-state index is -3.71. The SMILES string of the molecule is COc1ccc2c(c1)CCCC2CC(=O)N1CCCN(S(=O)(=O)c2ccc(F)cc2)CC1. The van der Waals surface area contributed by atoms with Gasteiger partial charge in [-0.05, 0) is 79.1 Å². The lowest BCUT2D eigenvalue weighted by molar-refractivity contribution is -0.131. The monoisotopic (exact) mass is 460 g/mol. The van der Waals surface area contributed by atoms with Crippen LogP contribution in [0.3, 0.4) is 0 Å². The van der Waals surface area contributed by atoms with Gasteiger partial charge in [0.05, 0.1) is 12.0 Å². The van der Waals surface area contributed by atoms with E-state index in [1.165, 1.54) is 27.6 Å². The van der Waals surface area contributed by atoms with Crippen molar-refractivity contribution in [1.82, 2.24) is 9.21 Å². The van der Waals surface area contributed by atoms with Gasteiger partial charge in [0.1, 0.15) is 11.6 Å². The Morgan fingerprint density at radius 3 is 2.59 bits per heavy atom. The van der Waals surface area contributed by atoms with E-state index in [-0.39, 0.29) is 23.3 Å². The summed E-state index contributed by atoms with van der Waals surface area (Å²) >= 11 is 0. The minimum absolute atomic E-state index is 0.0692. The highest BCUT2D eigenvalue weighted by Crippen LogP contribution is 2.36. The van der Waals surface area contributed by atoms with Crippen LogP contribution in [0.2, 0.25) is 0 Å². The first-order valence-electron chi connectivity index (χ1n) is 11.1. The van der Waals surface area contributed by atoms with Crippen LogP contribution in [-0.4, -0.2) is 56.8 Å². The number of sulfonamides is 1. The summed E-state index contributed by atoms with van der Waals surface area (Å²) in [6.45, 7) is 1.48. The molecule has 2 aromatic carbocycles. The van der Waals surface area contributed by atoms with Crippen LogP contribution in [0.5, 0.6) is 5.75 Å². The molecule has 0 spiro atoms. The number of carbonyl (C=O) groups excluding carboxylic acids is 1. The maximum Gasteiger partial charge on any atom is 0.243 e. The highest BCUT2D eigenvalue weighted by atomic mass is 32.2. The smallest absolute Gasteiger partial charge is 0.243 e. The average molecular weight is 461 g/mol. The summed E-state index contributed by atoms with van der Waals surface area (Å²) in [4.78, 5) is 15.0. The molecule has 172 valence electrons. The molecule has 6 nitrogen and oxygen atoms in total. The van der Waals surface area contributed by atoms with E-state index in [2.05, 4.69) is 12.1 Å². The highest BCUT2D eigenvalue weighted by Gasteiger charge is 2.30. The third-order valence-corrected chi connectivity index (χ3v) is 8.38. The molecule has 1 heterocycles. The van der Waals surface area contributed by atoms with Gasteiger partial charge in [-0.25, -0.2) is 12.8 Å². The van der Waals surface area contributed by atoms with Gasteiger partial charge in [-0.2, -0.15) is 4.31 Å². The van der Waals surface area contributed by atoms with Gasteiger partial charge < -0.3 is 9.64 Å². The van der Waals surface area contributed by atoms with Crippen molar-refractivity contribution in [3.63, 3.8) is 0 Å². The molecule has 1 atom stereocenters. The van der Waals surface area contributed by atoms with E-state index in [0.717, 1.165) is 37.1 Å². The Morgan fingerprint density at radius 1 is 1.06 bits per heavy atom. The lowest BCUT2D eigenvalue weighted by Gasteiger charge is -2.28. The standard InChI is InChI=1S/C24H29FN2O4S/c1-31-21-8-11-23-18(16-21)4-2-5-19(23)17-24(28)26-12-3-13-27(15-14-26)32(29,30)22-9-6-20(25)7-10-22/h6-11,16,19H,2-5,12-15,17H2,1H3. The second kappa shape index (κ2) is 9.58. The summed E-state index contributed by atoms with van der Waals surface area (Å²) in [5.41, 5.74) is 2.47. The molecule has 0 saturated carbocycles. The molecule has 1 unspecified atom stereocenters. The summed E-state index contributed by atoms with van der Waals surface area (Å²) < 4.78 is 45.8. The first kappa shape index (κ1) is 22.7. The predicted molar refractivity (Wildman–Crippen MR) is 120 cm³/mol. The van der Waals surface area contributed by atoms with Crippen LogP contribution in [-0.2, 0) is 21.2 Å². The number of hydrogen-bond donors (Lipinski definition) is 0. The van der Waals surface area contributed by atoms with Crippen LogP contribution in [0.15, 0.2) is 47.4 Å². The Bertz CT molecular complexity index is 1070. The average Bonchev–Trinajstić information content (AvgIpc) is 3.06. The second-order valence-electron chi connectivity index (χ2n) is 8.45. The van der Waals surface area contributed by atoms with E-state index >= 15 is 0 Å². The maximum absolute atomic E-state index is 13.2. The number of fused-ring (bicyclic) bond motifs is 1. The van der Waals surface area contributed by atoms with Gasteiger partial charge in [-0.3, -0.25) is 4.79 Å². The van der Waals surface area contributed by atoms with E-state index < -0.39 is 15.8 Å². The number of halogens is 1. The van der Waals surface area contributed by atoms with E-state index in [1.807, 2.05) is 6.07 Å². The van der Waals surface area contributed by atoms with Gasteiger partial charge >= 0.3 is 0 Å². The lowest BCUT2D eigenvalue weighted by Crippen LogP contribution is -2.38. The molecule has 4 rings (SSSR count). The molecule has 1 amide bonds. The molecule has 0 aromatic heterocycles. The molecule has 2 aliphatic rings. The number of ether oxygens (including phenoxy) is 1. The van der Waals surface area contributed by atoms with E-state index in [0.29, 0.717) is 32.5 Å². The normalized spacial score (nSPS) is 19.8. The van der Waals surface area contributed by atoms with Gasteiger partial charge in [0.2, 0.25) is 15.9 Å². The molecule has 0 N–H and O–H groups in total. The molecule has 1 saturated heterocycles. The van der Waals surface area contributed by atoms with Gasteiger partial charge in [-0.15, -0.1) is 0 Å². The Morgan fingerprint density at radius 2 is 1.84 bits per heavy atom. The van der Waals surface area contributed by atoms with Crippen molar-refractivity contribution in [2.75, 3.05) is 33.3 Å². The van der Waals surface area contributed by atoms with Crippen LogP contribution in [0.4, 0.5) is 4.39 Å². The summed E-state index contributed by atoms with van der Waals surface area (Å²) in [5, 5.41) is 0. The fourth-order valence-corrected chi connectivity index (χ4v) is 6.18. The topological polar surface area (TPSA) is 66.9 Å². The Balaban J connectivity index is 1.41. The molecule has 0 bridgehead atoms. The number of carbonyl (C=O) groups is 1. The molecular weight excluding hydrogens is 431 g/mol. The zero-order valence-electron chi connectivity index (χ0n) is 18.3. The summed E-state index contributed by atoms with van der Waals surface area (Å²) in [6.07, 6.45) is 4.03. The first-order chi connectivity index (χ1) is 15.4. The zero-order valence-corrected chi connectivity index (χ0v) is 19.1. The molecular formula is C24H29FN2O4S. The quantitative estimate of drug-likeness (QED) is 0.684. The molecule has 0 radical (unpaired) electrons. The van der Waals surface area contributed by atoms with Crippen molar-refractivity contribution < 1.29 is 22.3 Å². The fraction of sp³-hybridized carbons (Fsp3) is 0.458. The van der Waals surface area contributed by atoms with Crippen LogP contribution < -0.4 is 4.74 Å². The predicted octanol–water partition coefficient (Wildman–Crippen LogP) is 3.57. The van der Waals surface area contributed by atoms with Crippen molar-refractivity contribution in [2.24, 2.45) is 0 Å². The van der Waals surface area contributed by atoms with Crippen LogP contribution in [0.25, 0.3) is 0 Å². The minimum Gasteiger partial charge on any atom is -0.497 e. The Labute approximate surface area is 189 Å². The number of hydrogen-bond acceptors (Lipinski definition) is 4. The van der Waals surface area contributed by atoms with Gasteiger partial charge in [0.15, 0.2) is 0 Å².